The maximum atomic E-state index is 5.74. The highest BCUT2D eigenvalue weighted by molar-refractivity contribution is 7.99. The quantitative estimate of drug-likeness (QED) is 0.869. The minimum Gasteiger partial charge on any atom is -0.496 e. The molecule has 19 heavy (non-hydrogen) atoms. The van der Waals surface area contributed by atoms with Crippen molar-refractivity contribution in [2.75, 3.05) is 18.6 Å². The number of hydrogen-bond acceptors (Lipinski definition) is 6. The highest BCUT2D eigenvalue weighted by Gasteiger charge is 2.24. The summed E-state index contributed by atoms with van der Waals surface area (Å²) in [5.41, 5.74) is 7.16. The highest BCUT2D eigenvalue weighted by atomic mass is 32.2. The molecule has 1 atom stereocenters. The fourth-order valence-electron chi connectivity index (χ4n) is 2.14. The predicted octanol–water partition coefficient (Wildman–Crippen LogP) is 2.90. The lowest BCUT2D eigenvalue weighted by atomic mass is 10.2. The lowest BCUT2D eigenvalue weighted by molar-refractivity contribution is 0.402. The number of methoxy groups -OCH3 is 1. The Labute approximate surface area is 115 Å². The molecule has 1 saturated heterocycles. The largest absolute Gasteiger partial charge is 0.496 e. The van der Waals surface area contributed by atoms with E-state index < -0.39 is 0 Å². The lowest BCUT2D eigenvalue weighted by Crippen LogP contribution is -1.93. The number of benzene rings is 1. The smallest absolute Gasteiger partial charge is 0.261 e. The number of ether oxygens (including phenoxy) is 1. The molecular weight excluding hydrogens is 262 g/mol. The molecule has 0 radical (unpaired) electrons. The summed E-state index contributed by atoms with van der Waals surface area (Å²) in [5, 5.41) is 4.44. The molecule has 100 valence electrons. The molecule has 3 rings (SSSR count). The zero-order valence-corrected chi connectivity index (χ0v) is 11.4. The van der Waals surface area contributed by atoms with Crippen molar-refractivity contribution in [3.8, 4) is 17.2 Å². The first kappa shape index (κ1) is 12.3. The molecular formula is C13H15N3O2S. The summed E-state index contributed by atoms with van der Waals surface area (Å²) in [6, 6.07) is 5.39. The van der Waals surface area contributed by atoms with E-state index in [1.165, 1.54) is 12.2 Å². The fourth-order valence-corrected chi connectivity index (χ4v) is 3.34. The van der Waals surface area contributed by atoms with Gasteiger partial charge in [0.2, 0.25) is 0 Å². The van der Waals surface area contributed by atoms with Gasteiger partial charge in [0, 0.05) is 11.8 Å². The van der Waals surface area contributed by atoms with Crippen molar-refractivity contribution in [1.82, 2.24) is 10.1 Å². The van der Waals surface area contributed by atoms with Crippen LogP contribution in [0.3, 0.4) is 0 Å². The Balaban J connectivity index is 1.93. The van der Waals surface area contributed by atoms with E-state index in [-0.39, 0.29) is 0 Å². The SMILES string of the molecule is COc1cc(N)ccc1-c1nc(C2CCCS2)no1. The van der Waals surface area contributed by atoms with Gasteiger partial charge >= 0.3 is 0 Å². The van der Waals surface area contributed by atoms with Crippen LogP contribution in [0.1, 0.15) is 23.9 Å². The van der Waals surface area contributed by atoms with Crippen LogP contribution in [0.5, 0.6) is 5.75 Å². The van der Waals surface area contributed by atoms with Gasteiger partial charge in [0.1, 0.15) is 5.75 Å². The molecule has 1 aliphatic heterocycles. The Morgan fingerprint density at radius 1 is 1.47 bits per heavy atom. The number of rotatable bonds is 3. The monoisotopic (exact) mass is 277 g/mol. The molecule has 1 aliphatic rings. The molecule has 0 amide bonds. The van der Waals surface area contributed by atoms with Gasteiger partial charge in [-0.3, -0.25) is 0 Å². The summed E-state index contributed by atoms with van der Waals surface area (Å²) in [6.07, 6.45) is 2.33. The van der Waals surface area contributed by atoms with Gasteiger partial charge in [-0.2, -0.15) is 16.7 Å². The molecule has 0 saturated carbocycles. The summed E-state index contributed by atoms with van der Waals surface area (Å²) in [4.78, 5) is 4.48. The number of hydrogen-bond donors (Lipinski definition) is 1. The Bertz CT molecular complexity index is 579. The van der Waals surface area contributed by atoms with Gasteiger partial charge in [-0.25, -0.2) is 0 Å². The first-order valence-electron chi connectivity index (χ1n) is 6.17. The zero-order chi connectivity index (χ0) is 13.2. The number of thioether (sulfide) groups is 1. The fraction of sp³-hybridized carbons (Fsp3) is 0.385. The topological polar surface area (TPSA) is 74.2 Å². The average molecular weight is 277 g/mol. The van der Waals surface area contributed by atoms with Crippen molar-refractivity contribution >= 4 is 17.4 Å². The van der Waals surface area contributed by atoms with Crippen LogP contribution >= 0.6 is 11.8 Å². The molecule has 0 spiro atoms. The van der Waals surface area contributed by atoms with E-state index in [0.29, 0.717) is 22.6 Å². The summed E-state index contributed by atoms with van der Waals surface area (Å²) < 4.78 is 10.7. The van der Waals surface area contributed by atoms with Gasteiger partial charge in [0.05, 0.1) is 17.9 Å². The van der Waals surface area contributed by atoms with Crippen molar-refractivity contribution in [3.63, 3.8) is 0 Å². The van der Waals surface area contributed by atoms with Crippen LogP contribution in [0.15, 0.2) is 22.7 Å². The van der Waals surface area contributed by atoms with Gasteiger partial charge in [-0.05, 0) is 30.7 Å². The second-order valence-electron chi connectivity index (χ2n) is 4.42. The molecule has 1 unspecified atom stereocenters. The van der Waals surface area contributed by atoms with Crippen molar-refractivity contribution in [2.45, 2.75) is 18.1 Å². The number of nitrogen functional groups attached to an aromatic ring is 1. The number of aromatic nitrogens is 2. The summed E-state index contributed by atoms with van der Waals surface area (Å²) in [7, 11) is 1.60. The highest BCUT2D eigenvalue weighted by Crippen LogP contribution is 2.39. The van der Waals surface area contributed by atoms with E-state index in [1.54, 1.807) is 19.2 Å². The Kier molecular flexibility index (Phi) is 3.33. The lowest BCUT2D eigenvalue weighted by Gasteiger charge is -2.05. The van der Waals surface area contributed by atoms with Crippen LogP contribution in [0.2, 0.25) is 0 Å². The third-order valence-corrected chi connectivity index (χ3v) is 4.49. The average Bonchev–Trinajstić information content (AvgIpc) is 3.09. The predicted molar refractivity (Wildman–Crippen MR) is 75.1 cm³/mol. The van der Waals surface area contributed by atoms with E-state index >= 15 is 0 Å². The van der Waals surface area contributed by atoms with E-state index in [2.05, 4.69) is 10.1 Å². The van der Waals surface area contributed by atoms with Crippen molar-refractivity contribution in [2.24, 2.45) is 0 Å². The molecule has 1 fully saturated rings. The summed E-state index contributed by atoms with van der Waals surface area (Å²) >= 11 is 1.88. The van der Waals surface area contributed by atoms with Gasteiger partial charge in [0.25, 0.3) is 5.89 Å². The van der Waals surface area contributed by atoms with Crippen LogP contribution in [-0.4, -0.2) is 23.0 Å². The molecule has 0 aliphatic carbocycles. The van der Waals surface area contributed by atoms with E-state index in [0.717, 1.165) is 17.8 Å². The van der Waals surface area contributed by atoms with Crippen LogP contribution < -0.4 is 10.5 Å². The number of anilines is 1. The third-order valence-electron chi connectivity index (χ3n) is 3.12. The maximum absolute atomic E-state index is 5.74. The Morgan fingerprint density at radius 3 is 3.11 bits per heavy atom. The molecule has 0 bridgehead atoms. The maximum Gasteiger partial charge on any atom is 0.261 e. The van der Waals surface area contributed by atoms with Crippen molar-refractivity contribution in [1.29, 1.82) is 0 Å². The van der Waals surface area contributed by atoms with Gasteiger partial charge in [-0.15, -0.1) is 0 Å². The normalized spacial score (nSPS) is 18.7. The molecule has 6 heteroatoms. The molecule has 1 aromatic carbocycles. The van der Waals surface area contributed by atoms with Gasteiger partial charge in [-0.1, -0.05) is 5.16 Å². The molecule has 2 N–H and O–H groups in total. The van der Waals surface area contributed by atoms with E-state index in [9.17, 15) is 0 Å². The Morgan fingerprint density at radius 2 is 2.37 bits per heavy atom. The third kappa shape index (κ3) is 2.40. The second-order valence-corrected chi connectivity index (χ2v) is 5.73. The van der Waals surface area contributed by atoms with Crippen LogP contribution in [0.4, 0.5) is 5.69 Å². The van der Waals surface area contributed by atoms with Crippen LogP contribution in [-0.2, 0) is 0 Å². The van der Waals surface area contributed by atoms with E-state index in [4.69, 9.17) is 15.0 Å². The molecule has 1 aromatic heterocycles. The second kappa shape index (κ2) is 5.13. The number of nitrogens with zero attached hydrogens (tertiary/aromatic N) is 2. The van der Waals surface area contributed by atoms with E-state index in [1.807, 2.05) is 17.8 Å². The zero-order valence-electron chi connectivity index (χ0n) is 10.6. The van der Waals surface area contributed by atoms with Crippen molar-refractivity contribution < 1.29 is 9.26 Å². The van der Waals surface area contributed by atoms with Crippen molar-refractivity contribution in [3.05, 3.63) is 24.0 Å². The minimum absolute atomic E-state index is 0.359. The Hall–Kier alpha value is -1.69. The molecule has 2 aromatic rings. The summed E-state index contributed by atoms with van der Waals surface area (Å²) in [5.74, 6) is 3.07. The van der Waals surface area contributed by atoms with Crippen LogP contribution in [0, 0.1) is 0 Å². The standard InChI is InChI=1S/C13H15N3O2S/c1-17-10-7-8(14)4-5-9(10)13-15-12(16-18-13)11-3-2-6-19-11/h4-5,7,11H,2-3,6,14H2,1H3. The van der Waals surface area contributed by atoms with Crippen LogP contribution in [0.25, 0.3) is 11.5 Å². The van der Waals surface area contributed by atoms with Gasteiger partial charge in [0.15, 0.2) is 5.82 Å². The molecule has 5 nitrogen and oxygen atoms in total. The minimum atomic E-state index is 0.359. The summed E-state index contributed by atoms with van der Waals surface area (Å²) in [6.45, 7) is 0. The molecule has 2 heterocycles. The number of nitrogens with two attached hydrogens (primary N) is 1. The first-order chi connectivity index (χ1) is 9.28. The van der Waals surface area contributed by atoms with Gasteiger partial charge < -0.3 is 15.0 Å². The first-order valence-corrected chi connectivity index (χ1v) is 7.22.